The van der Waals surface area contributed by atoms with Crippen LogP contribution in [0.15, 0.2) is 0 Å². The lowest BCUT2D eigenvalue weighted by atomic mass is 9.97. The molecule has 0 aliphatic carbocycles. The summed E-state index contributed by atoms with van der Waals surface area (Å²) in [6, 6.07) is 3.78. The van der Waals surface area contributed by atoms with Crippen molar-refractivity contribution in [2.24, 2.45) is 17.8 Å². The van der Waals surface area contributed by atoms with Crippen LogP contribution in [0, 0.1) is 17.8 Å². The second kappa shape index (κ2) is 11.0. The van der Waals surface area contributed by atoms with Gasteiger partial charge in [-0.15, -0.1) is 0 Å². The van der Waals surface area contributed by atoms with Gasteiger partial charge in [0.2, 0.25) is 0 Å². The Morgan fingerprint density at radius 2 is 1.42 bits per heavy atom. The van der Waals surface area contributed by atoms with Crippen LogP contribution >= 0.6 is 0 Å². The molecule has 0 unspecified atom stereocenters. The van der Waals surface area contributed by atoms with E-state index in [4.69, 9.17) is 4.74 Å². The van der Waals surface area contributed by atoms with Crippen molar-refractivity contribution >= 4 is 0 Å². The summed E-state index contributed by atoms with van der Waals surface area (Å²) >= 11 is 0. The summed E-state index contributed by atoms with van der Waals surface area (Å²) in [7, 11) is 1.81. The number of nitrogens with zero attached hydrogens (tertiary/aromatic N) is 2. The monoisotopic (exact) mass is 368 g/mol. The minimum atomic E-state index is 0.671. The van der Waals surface area contributed by atoms with Crippen molar-refractivity contribution in [2.75, 3.05) is 20.3 Å². The third-order valence-electron chi connectivity index (χ3n) is 6.44. The van der Waals surface area contributed by atoms with E-state index in [2.05, 4.69) is 72.1 Å². The van der Waals surface area contributed by atoms with Crippen LogP contribution in [0.3, 0.4) is 0 Å². The summed E-state index contributed by atoms with van der Waals surface area (Å²) in [4.78, 5) is 5.32. The Balaban J connectivity index is 0.000000263. The topological polar surface area (TPSA) is 15.7 Å². The zero-order chi connectivity index (χ0) is 20.0. The van der Waals surface area contributed by atoms with Crippen LogP contribution in [-0.4, -0.2) is 60.3 Å². The quantitative estimate of drug-likeness (QED) is 0.633. The van der Waals surface area contributed by atoms with Crippen molar-refractivity contribution in [3.8, 4) is 0 Å². The number of hydrogen-bond acceptors (Lipinski definition) is 3. The van der Waals surface area contributed by atoms with E-state index >= 15 is 0 Å². The Morgan fingerprint density at radius 1 is 0.846 bits per heavy atom. The second-order valence-electron chi connectivity index (χ2n) is 9.94. The highest BCUT2D eigenvalue weighted by Crippen LogP contribution is 2.31. The smallest absolute Gasteiger partial charge is 0.0503 e. The highest BCUT2D eigenvalue weighted by molar-refractivity contribution is 4.89. The van der Waals surface area contributed by atoms with E-state index in [9.17, 15) is 0 Å². The average Bonchev–Trinajstić information content (AvgIpc) is 3.12. The van der Waals surface area contributed by atoms with Crippen molar-refractivity contribution in [1.29, 1.82) is 0 Å². The predicted molar refractivity (Wildman–Crippen MR) is 115 cm³/mol. The number of ether oxygens (including phenoxy) is 1. The summed E-state index contributed by atoms with van der Waals surface area (Å²) in [5.74, 6) is 2.33. The largest absolute Gasteiger partial charge is 0.384 e. The highest BCUT2D eigenvalue weighted by Gasteiger charge is 2.35. The van der Waals surface area contributed by atoms with E-state index in [1.165, 1.54) is 25.8 Å². The minimum absolute atomic E-state index is 0.671. The van der Waals surface area contributed by atoms with Gasteiger partial charge in [0.15, 0.2) is 0 Å². The molecule has 0 N–H and O–H groups in total. The van der Waals surface area contributed by atoms with Gasteiger partial charge in [-0.3, -0.25) is 9.80 Å². The molecular weight excluding hydrogens is 320 g/mol. The van der Waals surface area contributed by atoms with Crippen molar-refractivity contribution in [1.82, 2.24) is 9.80 Å². The van der Waals surface area contributed by atoms with Crippen LogP contribution in [0.1, 0.15) is 81.6 Å². The molecule has 3 nitrogen and oxygen atoms in total. The molecular formula is C23H48N2O. The van der Waals surface area contributed by atoms with E-state index in [1.807, 2.05) is 7.11 Å². The number of rotatable bonds is 6. The van der Waals surface area contributed by atoms with Gasteiger partial charge in [0.1, 0.15) is 0 Å². The SMILES string of the molecule is CC(C)[C@@H]1CC[C@H](C)N1C(C)C.COC[C@H]1C[C@@H](C(C)C)N(C(C)C)C1. The Bertz CT molecular complexity index is 364. The Hall–Kier alpha value is -0.120. The van der Waals surface area contributed by atoms with E-state index in [1.54, 1.807) is 0 Å². The molecule has 0 aromatic heterocycles. The zero-order valence-corrected chi connectivity index (χ0v) is 19.5. The number of likely N-dealkylation sites (tertiary alicyclic amines) is 2. The van der Waals surface area contributed by atoms with Gasteiger partial charge in [-0.2, -0.15) is 0 Å². The maximum Gasteiger partial charge on any atom is 0.0503 e. The molecule has 0 bridgehead atoms. The lowest BCUT2D eigenvalue weighted by molar-refractivity contribution is 0.127. The van der Waals surface area contributed by atoms with E-state index in [0.29, 0.717) is 6.04 Å². The Labute approximate surface area is 164 Å². The first-order chi connectivity index (χ1) is 12.1. The summed E-state index contributed by atoms with van der Waals surface area (Å²) in [6.07, 6.45) is 4.10. The highest BCUT2D eigenvalue weighted by atomic mass is 16.5. The van der Waals surface area contributed by atoms with Crippen LogP contribution in [0.25, 0.3) is 0 Å². The molecule has 156 valence electrons. The fourth-order valence-electron chi connectivity index (χ4n) is 5.20. The van der Waals surface area contributed by atoms with Crippen LogP contribution in [0.5, 0.6) is 0 Å². The molecule has 2 fully saturated rings. The molecule has 0 spiro atoms. The maximum atomic E-state index is 5.26. The van der Waals surface area contributed by atoms with Crippen molar-refractivity contribution in [3.05, 3.63) is 0 Å². The Morgan fingerprint density at radius 3 is 1.77 bits per heavy atom. The van der Waals surface area contributed by atoms with Gasteiger partial charge in [-0.05, 0) is 71.6 Å². The van der Waals surface area contributed by atoms with Crippen LogP contribution in [0.4, 0.5) is 0 Å². The predicted octanol–water partition coefficient (Wildman–Crippen LogP) is 5.29. The van der Waals surface area contributed by atoms with Gasteiger partial charge in [0, 0.05) is 43.9 Å². The standard InChI is InChI=1S/C12H25NO.C11H23N/c1-9(2)12-6-11(8-14-5)7-13(12)10(3)4;1-8(2)11-7-6-10(5)12(11)9(3)4/h9-12H,6-8H2,1-5H3;8-11H,6-7H2,1-5H3/t11-,12-;10-,11-/m00/s1. The van der Waals surface area contributed by atoms with Gasteiger partial charge < -0.3 is 4.74 Å². The number of hydrogen-bond donors (Lipinski definition) is 0. The summed E-state index contributed by atoms with van der Waals surface area (Å²) in [6.45, 7) is 23.1. The maximum absolute atomic E-state index is 5.26. The molecule has 0 aromatic carbocycles. The molecule has 26 heavy (non-hydrogen) atoms. The summed E-state index contributed by atoms with van der Waals surface area (Å²) < 4.78 is 5.26. The number of methoxy groups -OCH3 is 1. The molecule has 2 aliphatic heterocycles. The molecule has 0 amide bonds. The third-order valence-corrected chi connectivity index (χ3v) is 6.44. The van der Waals surface area contributed by atoms with Gasteiger partial charge >= 0.3 is 0 Å². The van der Waals surface area contributed by atoms with Crippen LogP contribution in [-0.2, 0) is 4.74 Å². The molecule has 2 aliphatic rings. The van der Waals surface area contributed by atoms with Gasteiger partial charge in [0.05, 0.1) is 6.61 Å². The molecule has 0 saturated carbocycles. The molecule has 2 rings (SSSR count). The van der Waals surface area contributed by atoms with Crippen LogP contribution < -0.4 is 0 Å². The fraction of sp³-hybridized carbons (Fsp3) is 1.00. The first-order valence-electron chi connectivity index (χ1n) is 11.1. The molecule has 3 heteroatoms. The second-order valence-corrected chi connectivity index (χ2v) is 9.94. The Kier molecular flexibility index (Phi) is 10.1. The first-order valence-corrected chi connectivity index (χ1v) is 11.1. The van der Waals surface area contributed by atoms with Crippen molar-refractivity contribution in [3.63, 3.8) is 0 Å². The lowest BCUT2D eigenvalue weighted by Gasteiger charge is -2.34. The van der Waals surface area contributed by atoms with Crippen LogP contribution in [0.2, 0.25) is 0 Å². The molecule has 0 radical (unpaired) electrons. The zero-order valence-electron chi connectivity index (χ0n) is 19.5. The normalized spacial score (nSPS) is 30.7. The van der Waals surface area contributed by atoms with Gasteiger partial charge in [-0.1, -0.05) is 27.7 Å². The van der Waals surface area contributed by atoms with Gasteiger partial charge in [0.25, 0.3) is 0 Å². The third kappa shape index (κ3) is 6.49. The molecule has 2 heterocycles. The molecule has 0 aromatic rings. The van der Waals surface area contributed by atoms with E-state index in [0.717, 1.165) is 48.5 Å². The molecule has 2 saturated heterocycles. The van der Waals surface area contributed by atoms with Gasteiger partial charge in [-0.25, -0.2) is 0 Å². The minimum Gasteiger partial charge on any atom is -0.384 e. The first kappa shape index (κ1) is 23.9. The molecule has 4 atom stereocenters. The summed E-state index contributed by atoms with van der Waals surface area (Å²) in [5, 5.41) is 0. The summed E-state index contributed by atoms with van der Waals surface area (Å²) in [5.41, 5.74) is 0. The van der Waals surface area contributed by atoms with Crippen molar-refractivity contribution in [2.45, 2.75) is 112 Å². The lowest BCUT2D eigenvalue weighted by Crippen LogP contribution is -2.42. The fourth-order valence-corrected chi connectivity index (χ4v) is 5.20. The van der Waals surface area contributed by atoms with Crippen molar-refractivity contribution < 1.29 is 4.74 Å². The average molecular weight is 369 g/mol. The van der Waals surface area contributed by atoms with E-state index in [-0.39, 0.29) is 0 Å². The van der Waals surface area contributed by atoms with E-state index < -0.39 is 0 Å².